The number of alkyl halides is 5. The van der Waals surface area contributed by atoms with Crippen molar-refractivity contribution in [1.29, 1.82) is 0 Å². The van der Waals surface area contributed by atoms with E-state index in [1.165, 1.54) is 12.1 Å². The average molecular weight is 385 g/mol. The fourth-order valence-electron chi connectivity index (χ4n) is 1.42. The van der Waals surface area contributed by atoms with Crippen LogP contribution < -0.4 is 10.5 Å². The standard InChI is InChI=1S/C11H11BrF5NO.ClH/c1-2-19-8-4-3-6(12)5-7(8)9(18)10(13,14)11(15,16)17;/h3-5,9H,2,18H2,1H3;1H/t9-;/m1./s1. The first-order valence-corrected chi connectivity index (χ1v) is 6.03. The molecule has 0 saturated carbocycles. The summed E-state index contributed by atoms with van der Waals surface area (Å²) >= 11 is 3.00. The van der Waals surface area contributed by atoms with Crippen LogP contribution in [0, 0.1) is 0 Å². The van der Waals surface area contributed by atoms with E-state index in [9.17, 15) is 22.0 Å². The first kappa shape index (κ1) is 19.4. The molecule has 0 spiro atoms. The van der Waals surface area contributed by atoms with Crippen LogP contribution in [0.1, 0.15) is 18.5 Å². The Bertz CT molecular complexity index is 455. The average Bonchev–Trinajstić information content (AvgIpc) is 2.29. The first-order chi connectivity index (χ1) is 8.61. The van der Waals surface area contributed by atoms with Gasteiger partial charge < -0.3 is 10.5 Å². The normalized spacial score (nSPS) is 13.6. The Morgan fingerprint density at radius 1 is 1.25 bits per heavy atom. The van der Waals surface area contributed by atoms with Gasteiger partial charge in [-0.3, -0.25) is 0 Å². The Morgan fingerprint density at radius 2 is 1.80 bits per heavy atom. The summed E-state index contributed by atoms with van der Waals surface area (Å²) in [7, 11) is 0. The summed E-state index contributed by atoms with van der Waals surface area (Å²) < 4.78 is 68.7. The van der Waals surface area contributed by atoms with Crippen LogP contribution in [0.25, 0.3) is 0 Å². The van der Waals surface area contributed by atoms with Crippen LogP contribution in [-0.2, 0) is 0 Å². The summed E-state index contributed by atoms with van der Waals surface area (Å²) in [5, 5.41) is 0. The summed E-state index contributed by atoms with van der Waals surface area (Å²) in [5.74, 6) is -5.14. The second-order valence-electron chi connectivity index (χ2n) is 3.71. The van der Waals surface area contributed by atoms with Gasteiger partial charge in [0.2, 0.25) is 0 Å². The summed E-state index contributed by atoms with van der Waals surface area (Å²) in [6.07, 6.45) is -5.72. The van der Waals surface area contributed by atoms with Gasteiger partial charge >= 0.3 is 12.1 Å². The molecular weight excluding hydrogens is 372 g/mol. The maximum atomic E-state index is 13.2. The molecule has 0 aromatic heterocycles. The molecule has 0 unspecified atom stereocenters. The molecular formula is C11H12BrClF5NO. The molecule has 2 N–H and O–H groups in total. The first-order valence-electron chi connectivity index (χ1n) is 5.23. The van der Waals surface area contributed by atoms with Crippen LogP contribution in [0.15, 0.2) is 22.7 Å². The molecule has 0 saturated heterocycles. The topological polar surface area (TPSA) is 35.2 Å². The van der Waals surface area contributed by atoms with E-state index in [-0.39, 0.29) is 24.8 Å². The Kier molecular flexibility index (Phi) is 6.70. The molecule has 116 valence electrons. The van der Waals surface area contributed by atoms with Gasteiger partial charge in [0.05, 0.1) is 6.61 Å². The zero-order valence-corrected chi connectivity index (χ0v) is 12.6. The highest BCUT2D eigenvalue weighted by Crippen LogP contribution is 2.45. The fraction of sp³-hybridized carbons (Fsp3) is 0.455. The van der Waals surface area contributed by atoms with Crippen molar-refractivity contribution < 1.29 is 26.7 Å². The highest BCUT2D eigenvalue weighted by atomic mass is 79.9. The zero-order chi connectivity index (χ0) is 14.8. The Balaban J connectivity index is 0.00000361. The van der Waals surface area contributed by atoms with Gasteiger partial charge in [0.25, 0.3) is 0 Å². The highest BCUT2D eigenvalue weighted by Gasteiger charge is 2.62. The van der Waals surface area contributed by atoms with Crippen molar-refractivity contribution in [3.8, 4) is 5.75 Å². The van der Waals surface area contributed by atoms with Gasteiger partial charge in [-0.15, -0.1) is 12.4 Å². The maximum absolute atomic E-state index is 13.2. The minimum absolute atomic E-state index is 0. The number of benzene rings is 1. The van der Waals surface area contributed by atoms with Crippen molar-refractivity contribution in [1.82, 2.24) is 0 Å². The van der Waals surface area contributed by atoms with Crippen LogP contribution in [0.2, 0.25) is 0 Å². The Labute approximate surface area is 127 Å². The lowest BCUT2D eigenvalue weighted by atomic mass is 10.00. The lowest BCUT2D eigenvalue weighted by molar-refractivity contribution is -0.291. The van der Waals surface area contributed by atoms with Gasteiger partial charge in [0, 0.05) is 10.0 Å². The quantitative estimate of drug-likeness (QED) is 0.778. The van der Waals surface area contributed by atoms with Gasteiger partial charge in [0.1, 0.15) is 11.8 Å². The van der Waals surface area contributed by atoms with E-state index < -0.39 is 23.7 Å². The molecule has 1 rings (SSSR count). The lowest BCUT2D eigenvalue weighted by Crippen LogP contribution is -2.46. The largest absolute Gasteiger partial charge is 0.494 e. The smallest absolute Gasteiger partial charge is 0.455 e. The van der Waals surface area contributed by atoms with Crippen molar-refractivity contribution in [2.24, 2.45) is 5.73 Å². The number of halogens is 7. The van der Waals surface area contributed by atoms with Gasteiger partial charge in [-0.1, -0.05) is 15.9 Å². The number of hydrogen-bond acceptors (Lipinski definition) is 2. The minimum atomic E-state index is -5.72. The molecule has 0 fully saturated rings. The van der Waals surface area contributed by atoms with Crippen LogP contribution in [-0.4, -0.2) is 18.7 Å². The Morgan fingerprint density at radius 3 is 2.25 bits per heavy atom. The van der Waals surface area contributed by atoms with Gasteiger partial charge in [-0.25, -0.2) is 0 Å². The number of rotatable bonds is 4. The number of ether oxygens (including phenoxy) is 1. The molecule has 2 nitrogen and oxygen atoms in total. The molecule has 0 radical (unpaired) electrons. The SMILES string of the molecule is CCOc1ccc(Br)cc1[C@@H](N)C(F)(F)C(F)(F)F.Cl. The maximum Gasteiger partial charge on any atom is 0.455 e. The summed E-state index contributed by atoms with van der Waals surface area (Å²) in [6, 6.07) is 1.31. The Hall–Kier alpha value is -0.600. The molecule has 1 atom stereocenters. The van der Waals surface area contributed by atoms with Crippen molar-refractivity contribution in [2.45, 2.75) is 25.1 Å². The van der Waals surface area contributed by atoms with E-state index in [4.69, 9.17) is 10.5 Å². The zero-order valence-electron chi connectivity index (χ0n) is 10.2. The van der Waals surface area contributed by atoms with E-state index >= 15 is 0 Å². The molecule has 1 aromatic carbocycles. The van der Waals surface area contributed by atoms with E-state index in [2.05, 4.69) is 15.9 Å². The summed E-state index contributed by atoms with van der Waals surface area (Å²) in [6.45, 7) is 1.71. The lowest BCUT2D eigenvalue weighted by Gasteiger charge is -2.27. The molecule has 0 bridgehead atoms. The third-order valence-electron chi connectivity index (χ3n) is 2.38. The molecule has 0 aliphatic carbocycles. The minimum Gasteiger partial charge on any atom is -0.494 e. The second kappa shape index (κ2) is 6.91. The fourth-order valence-corrected chi connectivity index (χ4v) is 1.80. The van der Waals surface area contributed by atoms with E-state index in [1.54, 1.807) is 6.92 Å². The van der Waals surface area contributed by atoms with Crippen LogP contribution in [0.4, 0.5) is 22.0 Å². The molecule has 0 heterocycles. The summed E-state index contributed by atoms with van der Waals surface area (Å²) in [4.78, 5) is 0. The van der Waals surface area contributed by atoms with Crippen LogP contribution in [0.3, 0.4) is 0 Å². The van der Waals surface area contributed by atoms with Crippen LogP contribution >= 0.6 is 28.3 Å². The monoisotopic (exact) mass is 383 g/mol. The predicted molar refractivity (Wildman–Crippen MR) is 70.5 cm³/mol. The van der Waals surface area contributed by atoms with E-state index in [0.717, 1.165) is 6.07 Å². The third-order valence-corrected chi connectivity index (χ3v) is 2.87. The highest BCUT2D eigenvalue weighted by molar-refractivity contribution is 9.10. The number of hydrogen-bond donors (Lipinski definition) is 1. The molecule has 1 aromatic rings. The van der Waals surface area contributed by atoms with Gasteiger partial charge in [-0.2, -0.15) is 22.0 Å². The summed E-state index contributed by atoms with van der Waals surface area (Å²) in [5.41, 5.74) is 4.68. The molecule has 0 aliphatic heterocycles. The predicted octanol–water partition coefficient (Wildman–Crippen LogP) is 4.47. The molecule has 20 heavy (non-hydrogen) atoms. The van der Waals surface area contributed by atoms with Crippen molar-refractivity contribution >= 4 is 28.3 Å². The van der Waals surface area contributed by atoms with Crippen molar-refractivity contribution in [3.63, 3.8) is 0 Å². The second-order valence-corrected chi connectivity index (χ2v) is 4.63. The van der Waals surface area contributed by atoms with E-state index in [1.807, 2.05) is 0 Å². The van der Waals surface area contributed by atoms with Crippen molar-refractivity contribution in [2.75, 3.05) is 6.61 Å². The van der Waals surface area contributed by atoms with Crippen molar-refractivity contribution in [3.05, 3.63) is 28.2 Å². The molecule has 9 heteroatoms. The molecule has 0 aliphatic rings. The number of nitrogens with two attached hydrogens (primary N) is 1. The third kappa shape index (κ3) is 3.95. The van der Waals surface area contributed by atoms with Gasteiger partial charge in [0.15, 0.2) is 0 Å². The van der Waals surface area contributed by atoms with Gasteiger partial charge in [-0.05, 0) is 25.1 Å². The van der Waals surface area contributed by atoms with Crippen LogP contribution in [0.5, 0.6) is 5.75 Å². The van der Waals surface area contributed by atoms with E-state index in [0.29, 0.717) is 4.47 Å². The molecule has 0 amide bonds.